The van der Waals surface area contributed by atoms with Crippen molar-refractivity contribution in [2.75, 3.05) is 12.1 Å². The fourth-order valence-electron chi connectivity index (χ4n) is 1.77. The van der Waals surface area contributed by atoms with Crippen molar-refractivity contribution in [3.63, 3.8) is 0 Å². The maximum absolute atomic E-state index is 5.45. The first-order valence-corrected chi connectivity index (χ1v) is 6.58. The van der Waals surface area contributed by atoms with Crippen LogP contribution in [-0.4, -0.2) is 16.2 Å². The van der Waals surface area contributed by atoms with Crippen molar-refractivity contribution >= 4 is 16.7 Å². The SMILES string of the molecule is CCc1nsc(NCc2cccc3c2OCO3)n1. The summed E-state index contributed by atoms with van der Waals surface area (Å²) in [5.74, 6) is 2.51. The zero-order valence-corrected chi connectivity index (χ0v) is 10.8. The number of aryl methyl sites for hydroxylation is 1. The van der Waals surface area contributed by atoms with Gasteiger partial charge in [-0.1, -0.05) is 19.1 Å². The maximum Gasteiger partial charge on any atom is 0.231 e. The average molecular weight is 263 g/mol. The van der Waals surface area contributed by atoms with Crippen LogP contribution >= 0.6 is 11.5 Å². The van der Waals surface area contributed by atoms with Crippen LogP contribution in [0.5, 0.6) is 11.5 Å². The van der Waals surface area contributed by atoms with Gasteiger partial charge in [0.25, 0.3) is 0 Å². The monoisotopic (exact) mass is 263 g/mol. The summed E-state index contributed by atoms with van der Waals surface area (Å²) in [5.41, 5.74) is 1.07. The second-order valence-electron chi connectivity index (χ2n) is 3.87. The predicted octanol–water partition coefficient (Wildman–Crippen LogP) is 2.44. The minimum atomic E-state index is 0.297. The molecule has 0 saturated carbocycles. The van der Waals surface area contributed by atoms with Gasteiger partial charge in [0, 0.05) is 30.1 Å². The highest BCUT2D eigenvalue weighted by atomic mass is 32.1. The second kappa shape index (κ2) is 4.81. The molecule has 94 valence electrons. The van der Waals surface area contributed by atoms with E-state index in [0.29, 0.717) is 13.3 Å². The van der Waals surface area contributed by atoms with Crippen LogP contribution in [0.25, 0.3) is 0 Å². The van der Waals surface area contributed by atoms with E-state index >= 15 is 0 Å². The average Bonchev–Trinajstić information content (AvgIpc) is 3.05. The number of aromatic nitrogens is 2. The highest BCUT2D eigenvalue weighted by molar-refractivity contribution is 7.09. The first-order chi connectivity index (χ1) is 8.86. The predicted molar refractivity (Wildman–Crippen MR) is 69.2 cm³/mol. The van der Waals surface area contributed by atoms with E-state index in [0.717, 1.165) is 34.4 Å². The summed E-state index contributed by atoms with van der Waals surface area (Å²) in [6.07, 6.45) is 0.857. The Morgan fingerprint density at radius 3 is 3.17 bits per heavy atom. The standard InChI is InChI=1S/C12H13N3O2S/c1-2-10-14-12(18-15-10)13-6-8-4-3-5-9-11(8)17-7-16-9/h3-5H,2,6-7H2,1H3,(H,13,14,15). The lowest BCUT2D eigenvalue weighted by Gasteiger charge is -2.05. The number of benzene rings is 1. The Labute approximate surface area is 109 Å². The van der Waals surface area contributed by atoms with Crippen LogP contribution in [0.15, 0.2) is 18.2 Å². The quantitative estimate of drug-likeness (QED) is 0.918. The van der Waals surface area contributed by atoms with Crippen molar-refractivity contribution in [2.24, 2.45) is 0 Å². The fraction of sp³-hybridized carbons (Fsp3) is 0.333. The van der Waals surface area contributed by atoms with Crippen LogP contribution in [-0.2, 0) is 13.0 Å². The van der Waals surface area contributed by atoms with Crippen molar-refractivity contribution in [1.29, 1.82) is 0 Å². The molecule has 0 atom stereocenters. The third kappa shape index (κ3) is 2.11. The second-order valence-corrected chi connectivity index (χ2v) is 4.63. The number of fused-ring (bicyclic) bond motifs is 1. The number of nitrogens with zero attached hydrogens (tertiary/aromatic N) is 2. The van der Waals surface area contributed by atoms with E-state index in [-0.39, 0.29) is 0 Å². The van der Waals surface area contributed by atoms with Crippen LogP contribution in [0.2, 0.25) is 0 Å². The van der Waals surface area contributed by atoms with Crippen LogP contribution < -0.4 is 14.8 Å². The van der Waals surface area contributed by atoms with Crippen molar-refractivity contribution in [1.82, 2.24) is 9.36 Å². The summed E-state index contributed by atoms with van der Waals surface area (Å²) < 4.78 is 15.0. The number of ether oxygens (including phenoxy) is 2. The van der Waals surface area contributed by atoms with Gasteiger partial charge in [0.1, 0.15) is 5.82 Å². The summed E-state index contributed by atoms with van der Waals surface area (Å²) in [6.45, 7) is 3.00. The molecule has 5 nitrogen and oxygen atoms in total. The number of anilines is 1. The molecule has 1 aromatic carbocycles. The highest BCUT2D eigenvalue weighted by Gasteiger charge is 2.17. The molecule has 0 saturated heterocycles. The van der Waals surface area contributed by atoms with E-state index in [2.05, 4.69) is 14.7 Å². The smallest absolute Gasteiger partial charge is 0.231 e. The maximum atomic E-state index is 5.45. The normalized spacial score (nSPS) is 12.7. The van der Waals surface area contributed by atoms with E-state index in [1.807, 2.05) is 25.1 Å². The third-order valence-electron chi connectivity index (χ3n) is 2.69. The summed E-state index contributed by atoms with van der Waals surface area (Å²) in [7, 11) is 0. The van der Waals surface area contributed by atoms with Crippen molar-refractivity contribution in [3.8, 4) is 11.5 Å². The summed E-state index contributed by atoms with van der Waals surface area (Å²) in [5, 5.41) is 4.09. The molecular formula is C12H13N3O2S. The molecule has 0 aliphatic carbocycles. The molecule has 1 aliphatic heterocycles. The van der Waals surface area contributed by atoms with E-state index in [1.165, 1.54) is 11.5 Å². The molecule has 2 heterocycles. The number of hydrogen-bond acceptors (Lipinski definition) is 6. The van der Waals surface area contributed by atoms with Gasteiger partial charge in [0.2, 0.25) is 11.9 Å². The minimum Gasteiger partial charge on any atom is -0.454 e. The molecule has 3 rings (SSSR count). The molecule has 6 heteroatoms. The molecule has 18 heavy (non-hydrogen) atoms. The van der Waals surface area contributed by atoms with Gasteiger partial charge in [0.05, 0.1) is 0 Å². The molecule has 0 radical (unpaired) electrons. The lowest BCUT2D eigenvalue weighted by Crippen LogP contribution is -2.01. The van der Waals surface area contributed by atoms with Gasteiger partial charge in [-0.3, -0.25) is 0 Å². The molecule has 0 amide bonds. The van der Waals surface area contributed by atoms with Gasteiger partial charge in [-0.05, 0) is 6.07 Å². The number of hydrogen-bond donors (Lipinski definition) is 1. The topological polar surface area (TPSA) is 56.3 Å². The Kier molecular flexibility index (Phi) is 3.02. The molecule has 0 spiro atoms. The molecule has 2 aromatic rings. The van der Waals surface area contributed by atoms with Crippen LogP contribution in [0.1, 0.15) is 18.3 Å². The van der Waals surface area contributed by atoms with Crippen molar-refractivity contribution in [3.05, 3.63) is 29.6 Å². The lowest BCUT2D eigenvalue weighted by atomic mass is 10.2. The first-order valence-electron chi connectivity index (χ1n) is 5.80. The first kappa shape index (κ1) is 11.3. The largest absolute Gasteiger partial charge is 0.454 e. The molecule has 1 aliphatic rings. The molecule has 0 fully saturated rings. The summed E-state index contributed by atoms with van der Waals surface area (Å²) in [4.78, 5) is 4.36. The van der Waals surface area contributed by atoms with E-state index in [9.17, 15) is 0 Å². The van der Waals surface area contributed by atoms with E-state index in [4.69, 9.17) is 9.47 Å². The van der Waals surface area contributed by atoms with Crippen LogP contribution in [0.4, 0.5) is 5.13 Å². The fourth-order valence-corrected chi connectivity index (χ4v) is 2.41. The Morgan fingerprint density at radius 2 is 2.33 bits per heavy atom. The minimum absolute atomic E-state index is 0.297. The van der Waals surface area contributed by atoms with Crippen LogP contribution in [0, 0.1) is 0 Å². The van der Waals surface area contributed by atoms with E-state index < -0.39 is 0 Å². The lowest BCUT2D eigenvalue weighted by molar-refractivity contribution is 0.173. The van der Waals surface area contributed by atoms with Gasteiger partial charge in [-0.2, -0.15) is 4.37 Å². The van der Waals surface area contributed by atoms with Crippen LogP contribution in [0.3, 0.4) is 0 Å². The Hall–Kier alpha value is -1.82. The van der Waals surface area contributed by atoms with Crippen molar-refractivity contribution in [2.45, 2.75) is 19.9 Å². The Bertz CT molecular complexity index is 556. The number of rotatable bonds is 4. The van der Waals surface area contributed by atoms with Gasteiger partial charge in [-0.15, -0.1) is 0 Å². The van der Waals surface area contributed by atoms with E-state index in [1.54, 1.807) is 0 Å². The highest BCUT2D eigenvalue weighted by Crippen LogP contribution is 2.35. The molecular weight excluding hydrogens is 250 g/mol. The zero-order valence-electron chi connectivity index (χ0n) is 9.97. The van der Waals surface area contributed by atoms with Gasteiger partial charge >= 0.3 is 0 Å². The molecule has 1 aromatic heterocycles. The molecule has 1 N–H and O–H groups in total. The molecule has 0 bridgehead atoms. The van der Waals surface area contributed by atoms with Gasteiger partial charge in [0.15, 0.2) is 11.5 Å². The van der Waals surface area contributed by atoms with Gasteiger partial charge in [-0.25, -0.2) is 4.98 Å². The number of para-hydroxylation sites is 1. The van der Waals surface area contributed by atoms with Gasteiger partial charge < -0.3 is 14.8 Å². The Balaban J connectivity index is 1.72. The zero-order chi connectivity index (χ0) is 12.4. The molecule has 0 unspecified atom stereocenters. The third-order valence-corrected chi connectivity index (χ3v) is 3.40. The number of nitrogens with one attached hydrogen (secondary N) is 1. The summed E-state index contributed by atoms with van der Waals surface area (Å²) >= 11 is 1.38. The summed E-state index contributed by atoms with van der Waals surface area (Å²) in [6, 6.07) is 5.89. The Morgan fingerprint density at radius 1 is 1.39 bits per heavy atom. The van der Waals surface area contributed by atoms with Crippen molar-refractivity contribution < 1.29 is 9.47 Å².